The van der Waals surface area contributed by atoms with E-state index in [0.717, 1.165) is 61.5 Å². The lowest BCUT2D eigenvalue weighted by Crippen LogP contribution is -2.38. The van der Waals surface area contributed by atoms with E-state index in [2.05, 4.69) is 52.8 Å². The number of benzene rings is 1. The molecule has 1 aromatic carbocycles. The molecule has 0 bridgehead atoms. The zero-order chi connectivity index (χ0) is 17.6. The van der Waals surface area contributed by atoms with Crippen LogP contribution in [0.25, 0.3) is 0 Å². The quantitative estimate of drug-likeness (QED) is 0.637. The molecule has 1 N–H and O–H groups in total. The number of nitrogens with one attached hydrogen (secondary N) is 1. The van der Waals surface area contributed by atoms with Gasteiger partial charge in [-0.15, -0.1) is 11.3 Å². The lowest BCUT2D eigenvalue weighted by molar-refractivity contribution is 0.357. The molecular formula is C19H26N4OS. The Morgan fingerprint density at radius 1 is 1.44 bits per heavy atom. The molecule has 1 aliphatic heterocycles. The molecule has 0 unspecified atom stereocenters. The first-order chi connectivity index (χ1) is 12.2. The molecule has 2 heterocycles. The number of fused-ring (bicyclic) bond motifs is 1. The molecule has 0 aliphatic carbocycles. The van der Waals surface area contributed by atoms with Gasteiger partial charge in [0, 0.05) is 31.9 Å². The van der Waals surface area contributed by atoms with Crippen molar-refractivity contribution in [2.45, 2.75) is 33.2 Å². The van der Waals surface area contributed by atoms with Gasteiger partial charge in [-0.25, -0.2) is 4.98 Å². The van der Waals surface area contributed by atoms with Crippen molar-refractivity contribution in [1.29, 1.82) is 0 Å². The maximum absolute atomic E-state index is 5.57. The van der Waals surface area contributed by atoms with Crippen LogP contribution < -0.4 is 10.1 Å². The number of guanidine groups is 1. The maximum atomic E-state index is 5.57. The maximum Gasteiger partial charge on any atom is 0.194 e. The van der Waals surface area contributed by atoms with Crippen molar-refractivity contribution in [3.05, 3.63) is 45.4 Å². The Balaban J connectivity index is 1.59. The molecule has 2 aromatic rings. The summed E-state index contributed by atoms with van der Waals surface area (Å²) in [5, 5.41) is 6.58. The first kappa shape index (κ1) is 17.7. The van der Waals surface area contributed by atoms with Crippen molar-refractivity contribution < 1.29 is 4.74 Å². The van der Waals surface area contributed by atoms with Gasteiger partial charge in [-0.05, 0) is 37.5 Å². The first-order valence-electron chi connectivity index (χ1n) is 8.80. The molecule has 5 nitrogen and oxygen atoms in total. The van der Waals surface area contributed by atoms with Crippen LogP contribution in [0.4, 0.5) is 0 Å². The van der Waals surface area contributed by atoms with Gasteiger partial charge in [0.25, 0.3) is 0 Å². The van der Waals surface area contributed by atoms with Gasteiger partial charge in [0.05, 0.1) is 23.9 Å². The van der Waals surface area contributed by atoms with Crippen LogP contribution in [0, 0.1) is 6.92 Å². The number of aryl methyl sites for hydroxylation is 1. The van der Waals surface area contributed by atoms with Crippen molar-refractivity contribution in [3.8, 4) is 5.75 Å². The smallest absolute Gasteiger partial charge is 0.194 e. The van der Waals surface area contributed by atoms with Crippen molar-refractivity contribution in [2.75, 3.05) is 26.7 Å². The van der Waals surface area contributed by atoms with E-state index < -0.39 is 0 Å². The topological polar surface area (TPSA) is 49.8 Å². The van der Waals surface area contributed by atoms with E-state index in [9.17, 15) is 0 Å². The number of hydrogen-bond donors (Lipinski definition) is 1. The minimum Gasteiger partial charge on any atom is -0.493 e. The van der Waals surface area contributed by atoms with Gasteiger partial charge in [-0.1, -0.05) is 12.1 Å². The fraction of sp³-hybridized carbons (Fsp3) is 0.474. The second-order valence-corrected chi connectivity index (χ2v) is 7.30. The van der Waals surface area contributed by atoms with Crippen molar-refractivity contribution in [1.82, 2.24) is 15.2 Å². The number of aliphatic imine (C=N–C) groups is 1. The SMILES string of the molecule is CCNC(=NCCc1ccc2c(c1)CCO2)N(C)Cc1csc(C)n1. The lowest BCUT2D eigenvalue weighted by atomic mass is 10.1. The van der Waals surface area contributed by atoms with E-state index in [1.807, 2.05) is 6.92 Å². The van der Waals surface area contributed by atoms with Crippen LogP contribution in [0.2, 0.25) is 0 Å². The van der Waals surface area contributed by atoms with Crippen LogP contribution in [0.15, 0.2) is 28.6 Å². The Kier molecular flexibility index (Phi) is 5.91. The third-order valence-electron chi connectivity index (χ3n) is 4.18. The summed E-state index contributed by atoms with van der Waals surface area (Å²) in [4.78, 5) is 11.5. The van der Waals surface area contributed by atoms with E-state index in [-0.39, 0.29) is 0 Å². The minimum absolute atomic E-state index is 0.766. The zero-order valence-corrected chi connectivity index (χ0v) is 16.0. The Hall–Kier alpha value is -2.08. The summed E-state index contributed by atoms with van der Waals surface area (Å²) in [5.74, 6) is 1.97. The van der Waals surface area contributed by atoms with Crippen molar-refractivity contribution >= 4 is 17.3 Å². The van der Waals surface area contributed by atoms with Gasteiger partial charge in [0.1, 0.15) is 5.75 Å². The molecule has 0 radical (unpaired) electrons. The summed E-state index contributed by atoms with van der Waals surface area (Å²) in [6.45, 7) is 7.33. The molecule has 0 spiro atoms. The monoisotopic (exact) mass is 358 g/mol. The molecule has 0 fully saturated rings. The fourth-order valence-corrected chi connectivity index (χ4v) is 3.56. The molecule has 1 aliphatic rings. The summed E-state index contributed by atoms with van der Waals surface area (Å²) < 4.78 is 5.57. The van der Waals surface area contributed by atoms with E-state index in [1.165, 1.54) is 11.1 Å². The highest BCUT2D eigenvalue weighted by Gasteiger charge is 2.12. The lowest BCUT2D eigenvalue weighted by Gasteiger charge is -2.21. The molecule has 25 heavy (non-hydrogen) atoms. The largest absolute Gasteiger partial charge is 0.493 e. The van der Waals surface area contributed by atoms with E-state index in [0.29, 0.717) is 0 Å². The molecule has 134 valence electrons. The van der Waals surface area contributed by atoms with Gasteiger partial charge in [0.15, 0.2) is 5.96 Å². The van der Waals surface area contributed by atoms with E-state index in [1.54, 1.807) is 11.3 Å². The predicted molar refractivity (Wildman–Crippen MR) is 104 cm³/mol. The highest BCUT2D eigenvalue weighted by atomic mass is 32.1. The van der Waals surface area contributed by atoms with Crippen LogP contribution in [0.3, 0.4) is 0 Å². The summed E-state index contributed by atoms with van der Waals surface area (Å²) >= 11 is 1.69. The fourth-order valence-electron chi connectivity index (χ4n) is 2.95. The van der Waals surface area contributed by atoms with Gasteiger partial charge in [-0.2, -0.15) is 0 Å². The molecule has 0 atom stereocenters. The van der Waals surface area contributed by atoms with Crippen LogP contribution in [-0.2, 0) is 19.4 Å². The van der Waals surface area contributed by atoms with Crippen LogP contribution in [0.1, 0.15) is 28.8 Å². The number of aromatic nitrogens is 1. The third-order valence-corrected chi connectivity index (χ3v) is 5.00. The van der Waals surface area contributed by atoms with Crippen LogP contribution >= 0.6 is 11.3 Å². The summed E-state index contributed by atoms with van der Waals surface area (Å²) in [5.41, 5.74) is 3.74. The van der Waals surface area contributed by atoms with Crippen molar-refractivity contribution in [2.24, 2.45) is 4.99 Å². The predicted octanol–water partition coefficient (Wildman–Crippen LogP) is 3.03. The first-order valence-corrected chi connectivity index (χ1v) is 9.68. The number of hydrogen-bond acceptors (Lipinski definition) is 4. The highest BCUT2D eigenvalue weighted by molar-refractivity contribution is 7.09. The highest BCUT2D eigenvalue weighted by Crippen LogP contribution is 2.25. The zero-order valence-electron chi connectivity index (χ0n) is 15.2. The molecule has 0 saturated heterocycles. The molecule has 1 aromatic heterocycles. The standard InChI is InChI=1S/C19H26N4OS/c1-4-20-19(23(3)12-17-13-25-14(2)22-17)21-9-7-15-5-6-18-16(11-15)8-10-24-18/h5-6,11,13H,4,7-10,12H2,1-3H3,(H,20,21). The van der Waals surface area contributed by atoms with Crippen LogP contribution in [0.5, 0.6) is 5.75 Å². The molecule has 0 saturated carbocycles. The number of rotatable bonds is 6. The van der Waals surface area contributed by atoms with Gasteiger partial charge < -0.3 is 15.0 Å². The Labute approximate surface area is 153 Å². The van der Waals surface area contributed by atoms with Crippen molar-refractivity contribution in [3.63, 3.8) is 0 Å². The third kappa shape index (κ3) is 4.72. The summed E-state index contributed by atoms with van der Waals surface area (Å²) in [6, 6.07) is 6.49. The minimum atomic E-state index is 0.766. The van der Waals surface area contributed by atoms with Gasteiger partial charge >= 0.3 is 0 Å². The average molecular weight is 359 g/mol. The van der Waals surface area contributed by atoms with Gasteiger partial charge in [0.2, 0.25) is 0 Å². The second-order valence-electron chi connectivity index (χ2n) is 6.24. The molecular weight excluding hydrogens is 332 g/mol. The molecule has 3 rings (SSSR count). The Bertz CT molecular complexity index is 741. The van der Waals surface area contributed by atoms with Crippen LogP contribution in [-0.4, -0.2) is 42.6 Å². The number of nitrogens with zero attached hydrogens (tertiary/aromatic N) is 3. The van der Waals surface area contributed by atoms with Gasteiger partial charge in [-0.3, -0.25) is 4.99 Å². The second kappa shape index (κ2) is 8.34. The number of ether oxygens (including phenoxy) is 1. The number of thiazole rings is 1. The normalized spacial score (nSPS) is 13.5. The Morgan fingerprint density at radius 2 is 2.32 bits per heavy atom. The average Bonchev–Trinajstić information content (AvgIpc) is 3.22. The molecule has 6 heteroatoms. The summed E-state index contributed by atoms with van der Waals surface area (Å²) in [7, 11) is 2.06. The Morgan fingerprint density at radius 3 is 3.08 bits per heavy atom. The summed E-state index contributed by atoms with van der Waals surface area (Å²) in [6.07, 6.45) is 1.96. The van der Waals surface area contributed by atoms with E-state index in [4.69, 9.17) is 9.73 Å². The molecule has 0 amide bonds. The van der Waals surface area contributed by atoms with E-state index >= 15 is 0 Å².